The van der Waals surface area contributed by atoms with Crippen molar-refractivity contribution in [2.24, 2.45) is 18.0 Å². The molecule has 3 rings (SSSR count). The second-order valence-electron chi connectivity index (χ2n) is 8.01. The zero-order valence-corrected chi connectivity index (χ0v) is 17.0. The molecule has 1 unspecified atom stereocenters. The van der Waals surface area contributed by atoms with Gasteiger partial charge in [-0.1, -0.05) is 12.8 Å². The molecule has 0 bridgehead atoms. The molecule has 1 atom stereocenters. The van der Waals surface area contributed by atoms with Crippen molar-refractivity contribution >= 4 is 5.96 Å². The second kappa shape index (κ2) is 8.89. The van der Waals surface area contributed by atoms with Crippen molar-refractivity contribution < 1.29 is 0 Å². The van der Waals surface area contributed by atoms with Gasteiger partial charge in [-0.15, -0.1) is 0 Å². The topological polar surface area (TPSA) is 57.5 Å². The Hall–Kier alpha value is -1.56. The maximum Gasteiger partial charge on any atom is 0.191 e. The van der Waals surface area contributed by atoms with Crippen molar-refractivity contribution in [2.45, 2.75) is 65.5 Å². The summed E-state index contributed by atoms with van der Waals surface area (Å²) in [7, 11) is 2.00. The minimum atomic E-state index is 0.505. The van der Waals surface area contributed by atoms with Gasteiger partial charge in [0.2, 0.25) is 0 Å². The summed E-state index contributed by atoms with van der Waals surface area (Å²) in [5, 5.41) is 11.6. The summed E-state index contributed by atoms with van der Waals surface area (Å²) in [5.74, 6) is 1.87. The summed E-state index contributed by atoms with van der Waals surface area (Å²) in [6.07, 6.45) is 6.95. The van der Waals surface area contributed by atoms with Crippen LogP contribution in [0.1, 0.15) is 56.0 Å². The Morgan fingerprint density at radius 1 is 1.23 bits per heavy atom. The maximum absolute atomic E-state index is 4.83. The highest BCUT2D eigenvalue weighted by atomic mass is 15.3. The van der Waals surface area contributed by atoms with E-state index in [4.69, 9.17) is 4.99 Å². The first-order chi connectivity index (χ1) is 12.6. The Balaban J connectivity index is 1.54. The van der Waals surface area contributed by atoms with E-state index in [1.54, 1.807) is 0 Å². The highest BCUT2D eigenvalue weighted by molar-refractivity contribution is 5.80. The Kier molecular flexibility index (Phi) is 6.57. The summed E-state index contributed by atoms with van der Waals surface area (Å²) in [4.78, 5) is 7.48. The van der Waals surface area contributed by atoms with Crippen LogP contribution in [0.5, 0.6) is 0 Å². The summed E-state index contributed by atoms with van der Waals surface area (Å²) in [5.41, 5.74) is 3.51. The molecule has 0 amide bonds. The second-order valence-corrected chi connectivity index (χ2v) is 8.01. The predicted octanol–water partition coefficient (Wildman–Crippen LogP) is 2.36. The number of guanidine groups is 1. The number of nitrogens with zero attached hydrogens (tertiary/aromatic N) is 4. The average Bonchev–Trinajstić information content (AvgIpc) is 3.31. The van der Waals surface area contributed by atoms with Gasteiger partial charge in [-0.25, -0.2) is 4.99 Å². The zero-order chi connectivity index (χ0) is 18.5. The molecule has 1 aliphatic heterocycles. The first-order valence-electron chi connectivity index (χ1n) is 10.3. The summed E-state index contributed by atoms with van der Waals surface area (Å²) < 4.78 is 1.94. The Morgan fingerprint density at radius 3 is 2.65 bits per heavy atom. The Labute approximate surface area is 158 Å². The van der Waals surface area contributed by atoms with Gasteiger partial charge in [-0.2, -0.15) is 5.10 Å². The predicted molar refractivity (Wildman–Crippen MR) is 107 cm³/mol. The van der Waals surface area contributed by atoms with Crippen LogP contribution < -0.4 is 10.6 Å². The van der Waals surface area contributed by atoms with E-state index in [0.29, 0.717) is 12.6 Å². The Bertz CT molecular complexity index is 614. The molecule has 6 heteroatoms. The van der Waals surface area contributed by atoms with Crippen LogP contribution in [-0.2, 0) is 13.6 Å². The Morgan fingerprint density at radius 2 is 2.00 bits per heavy atom. The van der Waals surface area contributed by atoms with Crippen LogP contribution >= 0.6 is 0 Å². The monoisotopic (exact) mass is 360 g/mol. The van der Waals surface area contributed by atoms with E-state index < -0.39 is 0 Å². The van der Waals surface area contributed by atoms with Crippen molar-refractivity contribution in [2.75, 3.05) is 26.2 Å². The molecular formula is C20H36N6. The lowest BCUT2D eigenvalue weighted by molar-refractivity contribution is 0.275. The van der Waals surface area contributed by atoms with E-state index in [1.165, 1.54) is 56.5 Å². The first-order valence-corrected chi connectivity index (χ1v) is 10.3. The molecule has 0 spiro atoms. The van der Waals surface area contributed by atoms with Gasteiger partial charge in [0.1, 0.15) is 0 Å². The summed E-state index contributed by atoms with van der Waals surface area (Å²) >= 11 is 0. The molecule has 0 radical (unpaired) electrons. The molecule has 2 N–H and O–H groups in total. The van der Waals surface area contributed by atoms with E-state index in [0.717, 1.165) is 30.7 Å². The van der Waals surface area contributed by atoms with Crippen LogP contribution in [0.25, 0.3) is 0 Å². The van der Waals surface area contributed by atoms with Crippen LogP contribution in [-0.4, -0.2) is 52.9 Å². The molecule has 1 saturated heterocycles. The van der Waals surface area contributed by atoms with Crippen LogP contribution in [0.15, 0.2) is 4.99 Å². The number of aliphatic imine (C=N–C) groups is 1. The van der Waals surface area contributed by atoms with E-state index in [9.17, 15) is 0 Å². The standard InChI is InChI=1S/C20H36N6/c1-5-21-20(22-12-19-15(2)24-25(4)16(19)3)23-18-10-11-26(14-18)13-17-8-6-7-9-17/h17-18H,5-14H2,1-4H3,(H2,21,22,23). The van der Waals surface area contributed by atoms with Gasteiger partial charge >= 0.3 is 0 Å². The largest absolute Gasteiger partial charge is 0.357 e. The number of aromatic nitrogens is 2. The molecule has 146 valence electrons. The van der Waals surface area contributed by atoms with Crippen LogP contribution in [0.4, 0.5) is 0 Å². The molecule has 1 saturated carbocycles. The average molecular weight is 361 g/mol. The van der Waals surface area contributed by atoms with Gasteiger partial charge < -0.3 is 15.5 Å². The third-order valence-corrected chi connectivity index (χ3v) is 6.00. The molecule has 2 heterocycles. The van der Waals surface area contributed by atoms with Gasteiger partial charge in [0, 0.05) is 50.5 Å². The van der Waals surface area contributed by atoms with Crippen molar-refractivity contribution in [3.63, 3.8) is 0 Å². The van der Waals surface area contributed by atoms with Crippen molar-refractivity contribution in [1.29, 1.82) is 0 Å². The van der Waals surface area contributed by atoms with Gasteiger partial charge in [0.15, 0.2) is 5.96 Å². The van der Waals surface area contributed by atoms with Gasteiger partial charge in [0.05, 0.1) is 12.2 Å². The van der Waals surface area contributed by atoms with Crippen molar-refractivity contribution in [3.05, 3.63) is 17.0 Å². The fourth-order valence-corrected chi connectivity index (χ4v) is 4.39. The van der Waals surface area contributed by atoms with Gasteiger partial charge in [-0.05, 0) is 46.0 Å². The molecule has 26 heavy (non-hydrogen) atoms. The lowest BCUT2D eigenvalue weighted by atomic mass is 10.1. The van der Waals surface area contributed by atoms with E-state index in [-0.39, 0.29) is 0 Å². The van der Waals surface area contributed by atoms with E-state index in [2.05, 4.69) is 41.4 Å². The molecule has 6 nitrogen and oxygen atoms in total. The van der Waals surface area contributed by atoms with Gasteiger partial charge in [-0.3, -0.25) is 4.68 Å². The highest BCUT2D eigenvalue weighted by Crippen LogP contribution is 2.26. The summed E-state index contributed by atoms with van der Waals surface area (Å²) in [6, 6.07) is 0.505. The number of rotatable bonds is 6. The van der Waals surface area contributed by atoms with Crippen LogP contribution in [0.2, 0.25) is 0 Å². The minimum absolute atomic E-state index is 0.505. The molecular weight excluding hydrogens is 324 g/mol. The molecule has 2 aliphatic rings. The molecule has 1 aliphatic carbocycles. The normalized spacial score (nSPS) is 22.3. The third-order valence-electron chi connectivity index (χ3n) is 6.00. The summed E-state index contributed by atoms with van der Waals surface area (Å²) in [6.45, 7) is 11.5. The molecule has 0 aromatic carbocycles. The maximum atomic E-state index is 4.83. The van der Waals surface area contributed by atoms with Crippen molar-refractivity contribution in [3.8, 4) is 0 Å². The lowest BCUT2D eigenvalue weighted by Gasteiger charge is -2.21. The fraction of sp³-hybridized carbons (Fsp3) is 0.800. The number of nitrogens with one attached hydrogen (secondary N) is 2. The highest BCUT2D eigenvalue weighted by Gasteiger charge is 2.26. The van der Waals surface area contributed by atoms with E-state index in [1.807, 2.05) is 11.7 Å². The zero-order valence-electron chi connectivity index (χ0n) is 17.0. The number of likely N-dealkylation sites (tertiary alicyclic amines) is 1. The lowest BCUT2D eigenvalue weighted by Crippen LogP contribution is -2.44. The minimum Gasteiger partial charge on any atom is -0.357 e. The number of hydrogen-bond acceptors (Lipinski definition) is 3. The SMILES string of the molecule is CCNC(=NCc1c(C)nn(C)c1C)NC1CCN(CC2CCCC2)C1. The first kappa shape index (κ1) is 19.2. The van der Waals surface area contributed by atoms with E-state index >= 15 is 0 Å². The van der Waals surface area contributed by atoms with Crippen LogP contribution in [0, 0.1) is 19.8 Å². The molecule has 1 aromatic rings. The van der Waals surface area contributed by atoms with Crippen molar-refractivity contribution in [1.82, 2.24) is 25.3 Å². The molecule has 1 aromatic heterocycles. The number of aryl methyl sites for hydroxylation is 2. The number of hydrogen-bond donors (Lipinski definition) is 2. The molecule has 2 fully saturated rings. The quantitative estimate of drug-likeness (QED) is 0.604. The van der Waals surface area contributed by atoms with Gasteiger partial charge in [0.25, 0.3) is 0 Å². The third kappa shape index (κ3) is 4.78. The van der Waals surface area contributed by atoms with Crippen LogP contribution in [0.3, 0.4) is 0 Å². The smallest absolute Gasteiger partial charge is 0.191 e. The fourth-order valence-electron chi connectivity index (χ4n) is 4.39.